The molecule has 1 atom stereocenters. The van der Waals surface area contributed by atoms with Crippen LogP contribution in [0.3, 0.4) is 0 Å². The molecule has 0 radical (unpaired) electrons. The van der Waals surface area contributed by atoms with Gasteiger partial charge in [0.1, 0.15) is 0 Å². The number of carbonyl (C=O) groups excluding carboxylic acids is 1. The minimum Gasteiger partial charge on any atom is -0.378 e. The van der Waals surface area contributed by atoms with E-state index in [0.717, 1.165) is 45.5 Å². The van der Waals surface area contributed by atoms with Gasteiger partial charge >= 0.3 is 0 Å². The average Bonchev–Trinajstić information content (AvgIpc) is 2.91. The van der Waals surface area contributed by atoms with Crippen LogP contribution in [0.5, 0.6) is 0 Å². The van der Waals surface area contributed by atoms with Gasteiger partial charge < -0.3 is 15.0 Å². The number of nitrogens with one attached hydrogen (secondary N) is 1. The van der Waals surface area contributed by atoms with Crippen molar-refractivity contribution in [2.24, 2.45) is 5.92 Å². The van der Waals surface area contributed by atoms with E-state index >= 15 is 0 Å². The van der Waals surface area contributed by atoms with Gasteiger partial charge in [0, 0.05) is 19.7 Å². The number of hydrogen-bond donors (Lipinski definition) is 1. The van der Waals surface area contributed by atoms with E-state index in [0.29, 0.717) is 6.10 Å². The Bertz CT molecular complexity index is 277. The molecular weight excluding hydrogens is 240 g/mol. The maximum absolute atomic E-state index is 12.0. The van der Waals surface area contributed by atoms with E-state index in [9.17, 15) is 4.79 Å². The third kappa shape index (κ3) is 5.11. The Morgan fingerprint density at radius 1 is 1.26 bits per heavy atom. The second-order valence-corrected chi connectivity index (χ2v) is 6.02. The molecule has 4 heteroatoms. The van der Waals surface area contributed by atoms with Gasteiger partial charge in [0.15, 0.2) is 0 Å². The van der Waals surface area contributed by atoms with Gasteiger partial charge in [-0.05, 0) is 45.7 Å². The minimum absolute atomic E-state index is 0.189. The molecule has 1 amide bonds. The van der Waals surface area contributed by atoms with Gasteiger partial charge in [-0.15, -0.1) is 0 Å². The van der Waals surface area contributed by atoms with Crippen molar-refractivity contribution in [3.63, 3.8) is 0 Å². The van der Waals surface area contributed by atoms with Crippen LogP contribution >= 0.6 is 0 Å². The predicted molar refractivity (Wildman–Crippen MR) is 76.1 cm³/mol. The van der Waals surface area contributed by atoms with E-state index < -0.39 is 0 Å². The minimum atomic E-state index is 0.189. The molecular formula is C15H28N2O2. The third-order valence-corrected chi connectivity index (χ3v) is 4.27. The number of carbonyl (C=O) groups is 1. The van der Waals surface area contributed by atoms with Crippen LogP contribution in [-0.2, 0) is 9.53 Å². The lowest BCUT2D eigenvalue weighted by molar-refractivity contribution is -0.126. The molecule has 19 heavy (non-hydrogen) atoms. The van der Waals surface area contributed by atoms with E-state index in [-0.39, 0.29) is 11.8 Å². The molecule has 0 bridgehead atoms. The molecule has 110 valence electrons. The van der Waals surface area contributed by atoms with Crippen LogP contribution in [0.4, 0.5) is 0 Å². The Hall–Kier alpha value is -0.610. The predicted octanol–water partition coefficient (Wildman–Crippen LogP) is 1.79. The van der Waals surface area contributed by atoms with Crippen molar-refractivity contribution in [2.45, 2.75) is 51.0 Å². The molecule has 1 saturated carbocycles. The summed E-state index contributed by atoms with van der Waals surface area (Å²) in [5.74, 6) is 0.418. The van der Waals surface area contributed by atoms with Crippen LogP contribution in [0, 0.1) is 5.92 Å². The van der Waals surface area contributed by atoms with Gasteiger partial charge in [0.05, 0.1) is 12.0 Å². The maximum atomic E-state index is 12.0. The summed E-state index contributed by atoms with van der Waals surface area (Å²) in [6, 6.07) is 0. The smallest absolute Gasteiger partial charge is 0.224 e. The first-order valence-corrected chi connectivity index (χ1v) is 7.83. The lowest BCUT2D eigenvalue weighted by Crippen LogP contribution is -2.41. The van der Waals surface area contributed by atoms with Crippen LogP contribution in [-0.4, -0.2) is 50.2 Å². The number of rotatable bonds is 6. The van der Waals surface area contributed by atoms with E-state index in [1.165, 1.54) is 25.7 Å². The monoisotopic (exact) mass is 268 g/mol. The number of ether oxygens (including phenoxy) is 1. The Balaban J connectivity index is 1.51. The molecule has 4 nitrogen and oxygen atoms in total. The lowest BCUT2D eigenvalue weighted by atomic mass is 9.97. The molecule has 1 aliphatic heterocycles. The zero-order chi connectivity index (χ0) is 13.5. The lowest BCUT2D eigenvalue weighted by Gasteiger charge is -2.28. The summed E-state index contributed by atoms with van der Waals surface area (Å²) in [5, 5.41) is 3.05. The van der Waals surface area contributed by atoms with Gasteiger partial charge in [-0.1, -0.05) is 12.8 Å². The number of likely N-dealkylation sites (tertiary alicyclic amines) is 1. The number of hydrogen-bond acceptors (Lipinski definition) is 3. The highest BCUT2D eigenvalue weighted by Crippen LogP contribution is 2.20. The van der Waals surface area contributed by atoms with Gasteiger partial charge in [-0.2, -0.15) is 0 Å². The Morgan fingerprint density at radius 2 is 2.05 bits per heavy atom. The zero-order valence-electron chi connectivity index (χ0n) is 12.2. The molecule has 0 aromatic carbocycles. The average molecular weight is 268 g/mol. The second kappa shape index (κ2) is 7.85. The molecule has 2 rings (SSSR count). The molecule has 1 saturated heterocycles. The third-order valence-electron chi connectivity index (χ3n) is 4.27. The van der Waals surface area contributed by atoms with Crippen molar-refractivity contribution in [3.05, 3.63) is 0 Å². The second-order valence-electron chi connectivity index (χ2n) is 6.02. The van der Waals surface area contributed by atoms with Gasteiger partial charge in [0.25, 0.3) is 0 Å². The molecule has 1 aliphatic carbocycles. The molecule has 0 aromatic rings. The fourth-order valence-electron chi connectivity index (χ4n) is 3.11. The summed E-state index contributed by atoms with van der Waals surface area (Å²) in [4.78, 5) is 14.2. The summed E-state index contributed by atoms with van der Waals surface area (Å²) >= 11 is 0. The van der Waals surface area contributed by atoms with E-state index in [1.54, 1.807) is 0 Å². The quantitative estimate of drug-likeness (QED) is 0.747. The van der Waals surface area contributed by atoms with Crippen molar-refractivity contribution in [3.8, 4) is 0 Å². The number of nitrogens with zero attached hydrogens (tertiary/aromatic N) is 1. The largest absolute Gasteiger partial charge is 0.378 e. The van der Waals surface area contributed by atoms with Crippen LogP contribution < -0.4 is 5.32 Å². The summed E-state index contributed by atoms with van der Waals surface area (Å²) in [7, 11) is 2.09. The molecule has 0 aromatic heterocycles. The first-order chi connectivity index (χ1) is 9.25. The Labute approximate surface area is 116 Å². The molecule has 0 spiro atoms. The topological polar surface area (TPSA) is 41.6 Å². The fraction of sp³-hybridized carbons (Fsp3) is 0.933. The summed E-state index contributed by atoms with van der Waals surface area (Å²) in [5.41, 5.74) is 0. The van der Waals surface area contributed by atoms with Gasteiger partial charge in [0.2, 0.25) is 5.91 Å². The highest BCUT2D eigenvalue weighted by molar-refractivity contribution is 5.78. The molecule has 2 fully saturated rings. The standard InChI is InChI=1S/C15H28N2O2/c1-17-10-4-6-13(12-17)15(18)16-9-5-11-19-14-7-2-3-8-14/h13-14H,2-12H2,1H3,(H,16,18)/t13-/m0/s1. The van der Waals surface area contributed by atoms with E-state index in [1.807, 2.05) is 0 Å². The van der Waals surface area contributed by atoms with Gasteiger partial charge in [-0.25, -0.2) is 0 Å². The Morgan fingerprint density at radius 3 is 2.79 bits per heavy atom. The first kappa shape index (κ1) is 14.8. The number of piperidine rings is 1. The zero-order valence-corrected chi connectivity index (χ0v) is 12.2. The Kier molecular flexibility index (Phi) is 6.11. The van der Waals surface area contributed by atoms with Crippen molar-refractivity contribution >= 4 is 5.91 Å². The molecule has 0 unspecified atom stereocenters. The fourth-order valence-corrected chi connectivity index (χ4v) is 3.11. The normalized spacial score (nSPS) is 25.6. The first-order valence-electron chi connectivity index (χ1n) is 7.83. The van der Waals surface area contributed by atoms with E-state index in [4.69, 9.17) is 4.74 Å². The van der Waals surface area contributed by atoms with Crippen LogP contribution in [0.2, 0.25) is 0 Å². The summed E-state index contributed by atoms with van der Waals surface area (Å²) < 4.78 is 5.79. The van der Waals surface area contributed by atoms with Crippen molar-refractivity contribution in [2.75, 3.05) is 33.3 Å². The van der Waals surface area contributed by atoms with Crippen molar-refractivity contribution in [1.82, 2.24) is 10.2 Å². The van der Waals surface area contributed by atoms with Crippen LogP contribution in [0.15, 0.2) is 0 Å². The van der Waals surface area contributed by atoms with Crippen molar-refractivity contribution < 1.29 is 9.53 Å². The molecule has 1 N–H and O–H groups in total. The van der Waals surface area contributed by atoms with E-state index in [2.05, 4.69) is 17.3 Å². The summed E-state index contributed by atoms with van der Waals surface area (Å²) in [6.45, 7) is 3.57. The van der Waals surface area contributed by atoms with Gasteiger partial charge in [-0.3, -0.25) is 4.79 Å². The van der Waals surface area contributed by atoms with Crippen molar-refractivity contribution in [1.29, 1.82) is 0 Å². The number of amides is 1. The summed E-state index contributed by atoms with van der Waals surface area (Å²) in [6.07, 6.45) is 8.68. The maximum Gasteiger partial charge on any atom is 0.224 e. The SMILES string of the molecule is CN1CCC[C@H](C(=O)NCCCOC2CCCC2)C1. The molecule has 2 aliphatic rings. The molecule has 1 heterocycles. The highest BCUT2D eigenvalue weighted by atomic mass is 16.5. The highest BCUT2D eigenvalue weighted by Gasteiger charge is 2.23. The van der Waals surface area contributed by atoms with Crippen LogP contribution in [0.1, 0.15) is 44.9 Å². The van der Waals surface area contributed by atoms with Crippen LogP contribution in [0.25, 0.3) is 0 Å².